The zero-order valence-electron chi connectivity index (χ0n) is 11.4. The second-order valence-electron chi connectivity index (χ2n) is 4.74. The highest BCUT2D eigenvalue weighted by atomic mass is 19.4. The summed E-state index contributed by atoms with van der Waals surface area (Å²) in [7, 11) is 0. The van der Waals surface area contributed by atoms with Crippen molar-refractivity contribution in [2.75, 3.05) is 19.6 Å². The Labute approximate surface area is 110 Å². The van der Waals surface area contributed by atoms with Crippen molar-refractivity contribution in [1.82, 2.24) is 10.6 Å². The molecule has 0 fully saturated rings. The van der Waals surface area contributed by atoms with Crippen molar-refractivity contribution in [3.05, 3.63) is 0 Å². The molecular formula is C11H21F3N4O. The van der Waals surface area contributed by atoms with Crippen LogP contribution in [0.3, 0.4) is 0 Å². The Balaban J connectivity index is 4.43. The standard InChI is InChI=1S/C11H21F3N4O/c1-4-16-9(17-6-5-11(12,13)14)18-7-10(2,3)8(15)19/h4-7H2,1-3H3,(H2,15,19)(H2,16,17,18). The first kappa shape index (κ1) is 17.5. The van der Waals surface area contributed by atoms with Gasteiger partial charge < -0.3 is 16.4 Å². The number of guanidine groups is 1. The number of amides is 1. The zero-order valence-corrected chi connectivity index (χ0v) is 11.4. The lowest BCUT2D eigenvalue weighted by atomic mass is 9.93. The van der Waals surface area contributed by atoms with Gasteiger partial charge in [0, 0.05) is 13.1 Å². The quantitative estimate of drug-likeness (QED) is 0.502. The van der Waals surface area contributed by atoms with Crippen LogP contribution in [0.1, 0.15) is 27.2 Å². The molecule has 19 heavy (non-hydrogen) atoms. The van der Waals surface area contributed by atoms with Crippen LogP contribution in [0.5, 0.6) is 0 Å². The minimum atomic E-state index is -4.21. The third-order valence-corrected chi connectivity index (χ3v) is 2.34. The van der Waals surface area contributed by atoms with Crippen LogP contribution in [0.25, 0.3) is 0 Å². The van der Waals surface area contributed by atoms with E-state index < -0.39 is 23.9 Å². The van der Waals surface area contributed by atoms with E-state index in [1.807, 2.05) is 0 Å². The minimum absolute atomic E-state index is 0.101. The van der Waals surface area contributed by atoms with Gasteiger partial charge in [0.2, 0.25) is 5.91 Å². The maximum Gasteiger partial charge on any atom is 0.390 e. The number of hydrogen-bond donors (Lipinski definition) is 3. The van der Waals surface area contributed by atoms with E-state index in [1.165, 1.54) is 0 Å². The van der Waals surface area contributed by atoms with Crippen molar-refractivity contribution in [2.45, 2.75) is 33.4 Å². The summed E-state index contributed by atoms with van der Waals surface area (Å²) in [6, 6.07) is 0. The second kappa shape index (κ2) is 7.20. The summed E-state index contributed by atoms with van der Waals surface area (Å²) in [4.78, 5) is 15.2. The lowest BCUT2D eigenvalue weighted by molar-refractivity contribution is -0.132. The molecule has 0 aromatic rings. The first-order chi connectivity index (χ1) is 8.58. The summed E-state index contributed by atoms with van der Waals surface area (Å²) in [5.74, 6) is -0.275. The number of nitrogens with one attached hydrogen (secondary N) is 2. The van der Waals surface area contributed by atoms with Crippen LogP contribution >= 0.6 is 0 Å². The van der Waals surface area contributed by atoms with Crippen molar-refractivity contribution in [1.29, 1.82) is 0 Å². The average Bonchev–Trinajstić information content (AvgIpc) is 2.24. The molecule has 0 unspecified atom stereocenters. The summed E-state index contributed by atoms with van der Waals surface area (Å²) in [6.45, 7) is 5.38. The summed E-state index contributed by atoms with van der Waals surface area (Å²) < 4.78 is 36.0. The summed E-state index contributed by atoms with van der Waals surface area (Å²) in [6.07, 6.45) is -5.16. The lowest BCUT2D eigenvalue weighted by Crippen LogP contribution is -2.41. The number of hydrogen-bond acceptors (Lipinski definition) is 2. The number of halogens is 3. The molecule has 0 aromatic heterocycles. The van der Waals surface area contributed by atoms with Crippen LogP contribution in [-0.2, 0) is 4.79 Å². The van der Waals surface area contributed by atoms with E-state index in [2.05, 4.69) is 15.6 Å². The second-order valence-corrected chi connectivity index (χ2v) is 4.74. The van der Waals surface area contributed by atoms with Gasteiger partial charge in [-0.1, -0.05) is 0 Å². The molecule has 0 spiro atoms. The van der Waals surface area contributed by atoms with Gasteiger partial charge in [-0.2, -0.15) is 13.2 Å². The highest BCUT2D eigenvalue weighted by molar-refractivity contribution is 5.82. The zero-order chi connectivity index (χ0) is 15.1. The largest absolute Gasteiger partial charge is 0.390 e. The Morgan fingerprint density at radius 3 is 2.26 bits per heavy atom. The monoisotopic (exact) mass is 282 g/mol. The Morgan fingerprint density at radius 1 is 1.26 bits per heavy atom. The van der Waals surface area contributed by atoms with Gasteiger partial charge in [-0.3, -0.25) is 9.79 Å². The molecule has 0 heterocycles. The Bertz CT molecular complexity index is 326. The molecule has 0 aliphatic carbocycles. The molecule has 4 N–H and O–H groups in total. The fourth-order valence-corrected chi connectivity index (χ4v) is 1.02. The molecule has 0 aromatic carbocycles. The van der Waals surface area contributed by atoms with Crippen LogP contribution < -0.4 is 16.4 Å². The predicted molar refractivity (Wildman–Crippen MR) is 67.6 cm³/mol. The highest BCUT2D eigenvalue weighted by Gasteiger charge is 2.27. The van der Waals surface area contributed by atoms with E-state index in [1.54, 1.807) is 20.8 Å². The van der Waals surface area contributed by atoms with Gasteiger partial charge in [-0.05, 0) is 20.8 Å². The number of carbonyl (C=O) groups excluding carboxylic acids is 1. The van der Waals surface area contributed by atoms with Gasteiger partial charge in [0.15, 0.2) is 5.96 Å². The van der Waals surface area contributed by atoms with Crippen LogP contribution in [0, 0.1) is 5.41 Å². The van der Waals surface area contributed by atoms with Crippen LogP contribution in [0.4, 0.5) is 13.2 Å². The van der Waals surface area contributed by atoms with Gasteiger partial charge in [-0.25, -0.2) is 0 Å². The van der Waals surface area contributed by atoms with Crippen LogP contribution in [0.2, 0.25) is 0 Å². The highest BCUT2D eigenvalue weighted by Crippen LogP contribution is 2.18. The van der Waals surface area contributed by atoms with Gasteiger partial charge in [0.05, 0.1) is 18.4 Å². The molecule has 0 aliphatic heterocycles. The number of primary amides is 1. The fourth-order valence-electron chi connectivity index (χ4n) is 1.02. The summed E-state index contributed by atoms with van der Waals surface area (Å²) in [5, 5.41) is 5.36. The maximum atomic E-state index is 12.0. The maximum absolute atomic E-state index is 12.0. The number of alkyl halides is 3. The number of rotatable bonds is 6. The minimum Gasteiger partial charge on any atom is -0.369 e. The number of nitrogens with zero attached hydrogens (tertiary/aromatic N) is 1. The molecule has 0 radical (unpaired) electrons. The van der Waals surface area contributed by atoms with Crippen molar-refractivity contribution >= 4 is 11.9 Å². The first-order valence-electron chi connectivity index (χ1n) is 5.97. The lowest BCUT2D eigenvalue weighted by Gasteiger charge is -2.19. The molecule has 5 nitrogen and oxygen atoms in total. The third kappa shape index (κ3) is 8.28. The third-order valence-electron chi connectivity index (χ3n) is 2.34. The topological polar surface area (TPSA) is 79.5 Å². The van der Waals surface area contributed by atoms with E-state index in [4.69, 9.17) is 5.73 Å². The van der Waals surface area contributed by atoms with Crippen molar-refractivity contribution in [2.24, 2.45) is 16.1 Å². The Kier molecular flexibility index (Phi) is 6.64. The van der Waals surface area contributed by atoms with Gasteiger partial charge in [0.1, 0.15) is 0 Å². The molecule has 0 bridgehead atoms. The predicted octanol–water partition coefficient (Wildman–Crippen LogP) is 1.01. The van der Waals surface area contributed by atoms with E-state index in [0.717, 1.165) is 0 Å². The number of aliphatic imine (C=N–C) groups is 1. The average molecular weight is 282 g/mol. The molecule has 0 aliphatic rings. The normalized spacial score (nSPS) is 13.3. The molecule has 0 atom stereocenters. The van der Waals surface area contributed by atoms with Crippen LogP contribution in [0.15, 0.2) is 4.99 Å². The Hall–Kier alpha value is -1.47. The van der Waals surface area contributed by atoms with E-state index in [-0.39, 0.29) is 19.0 Å². The van der Waals surface area contributed by atoms with Gasteiger partial charge >= 0.3 is 6.18 Å². The van der Waals surface area contributed by atoms with E-state index >= 15 is 0 Å². The molecule has 0 saturated heterocycles. The first-order valence-corrected chi connectivity index (χ1v) is 5.97. The van der Waals surface area contributed by atoms with Crippen molar-refractivity contribution in [3.63, 3.8) is 0 Å². The summed E-state index contributed by atoms with van der Waals surface area (Å²) >= 11 is 0. The Morgan fingerprint density at radius 2 is 1.84 bits per heavy atom. The summed E-state index contributed by atoms with van der Waals surface area (Å²) in [5.41, 5.74) is 4.35. The molecule has 0 saturated carbocycles. The van der Waals surface area contributed by atoms with E-state index in [0.29, 0.717) is 6.54 Å². The number of nitrogens with two attached hydrogens (primary N) is 1. The SMILES string of the molecule is CCNC(=NCC(C)(C)C(N)=O)NCCC(F)(F)F. The molecule has 0 rings (SSSR count). The molecular weight excluding hydrogens is 261 g/mol. The van der Waals surface area contributed by atoms with Gasteiger partial charge in [-0.15, -0.1) is 0 Å². The molecule has 8 heteroatoms. The van der Waals surface area contributed by atoms with Crippen molar-refractivity contribution in [3.8, 4) is 0 Å². The number of carbonyl (C=O) groups is 1. The smallest absolute Gasteiger partial charge is 0.369 e. The molecule has 1 amide bonds. The van der Waals surface area contributed by atoms with E-state index in [9.17, 15) is 18.0 Å². The van der Waals surface area contributed by atoms with Gasteiger partial charge in [0.25, 0.3) is 0 Å². The van der Waals surface area contributed by atoms with Crippen LogP contribution in [-0.4, -0.2) is 37.7 Å². The van der Waals surface area contributed by atoms with Crippen molar-refractivity contribution < 1.29 is 18.0 Å². The molecule has 112 valence electrons. The fraction of sp³-hybridized carbons (Fsp3) is 0.818.